The highest BCUT2D eigenvalue weighted by Crippen LogP contribution is 2.18. The van der Waals surface area contributed by atoms with Crippen molar-refractivity contribution in [2.45, 2.75) is 33.9 Å². The van der Waals surface area contributed by atoms with Gasteiger partial charge in [0, 0.05) is 25.9 Å². The maximum atomic E-state index is 13.4. The summed E-state index contributed by atoms with van der Waals surface area (Å²) < 4.78 is 24.2. The Morgan fingerprint density at radius 1 is 0.971 bits per heavy atom. The fourth-order valence-corrected chi connectivity index (χ4v) is 3.67. The average Bonchev–Trinajstić information content (AvgIpc) is 3.23. The third-order valence-corrected chi connectivity index (χ3v) is 5.58. The van der Waals surface area contributed by atoms with Crippen molar-refractivity contribution < 1.29 is 23.1 Å². The summed E-state index contributed by atoms with van der Waals surface area (Å²) in [6.45, 7) is 6.57. The summed E-state index contributed by atoms with van der Waals surface area (Å²) in [5.74, 6) is 0.752. The number of carbonyl (C=O) groups is 2. The summed E-state index contributed by atoms with van der Waals surface area (Å²) in [7, 11) is 1.54. The van der Waals surface area contributed by atoms with E-state index in [2.05, 4.69) is 5.32 Å². The van der Waals surface area contributed by atoms with Crippen LogP contribution in [-0.4, -0.2) is 48.5 Å². The number of urea groups is 1. The number of hydrogen-bond acceptors (Lipinski definition) is 4. The van der Waals surface area contributed by atoms with Gasteiger partial charge in [-0.2, -0.15) is 0 Å². The Morgan fingerprint density at radius 2 is 1.71 bits per heavy atom. The van der Waals surface area contributed by atoms with Gasteiger partial charge in [0.2, 0.25) is 5.91 Å². The van der Waals surface area contributed by atoms with Crippen LogP contribution in [0.1, 0.15) is 28.2 Å². The van der Waals surface area contributed by atoms with E-state index < -0.39 is 6.03 Å². The average molecular weight is 482 g/mol. The molecule has 0 saturated heterocycles. The number of nitrogens with zero attached hydrogens (tertiary/aromatic N) is 2. The second kappa shape index (κ2) is 12.2. The van der Waals surface area contributed by atoms with Crippen LogP contribution in [0, 0.1) is 26.6 Å². The Labute approximate surface area is 205 Å². The van der Waals surface area contributed by atoms with Gasteiger partial charge in [0.25, 0.3) is 0 Å². The number of halogens is 1. The van der Waals surface area contributed by atoms with E-state index in [9.17, 15) is 14.0 Å². The lowest BCUT2D eigenvalue weighted by atomic mass is 10.1. The van der Waals surface area contributed by atoms with Crippen molar-refractivity contribution in [1.82, 2.24) is 9.80 Å². The fraction of sp³-hybridized carbons (Fsp3) is 0.333. The molecule has 0 aliphatic carbocycles. The first kappa shape index (κ1) is 26.0. The van der Waals surface area contributed by atoms with E-state index in [0.29, 0.717) is 11.4 Å². The van der Waals surface area contributed by atoms with Gasteiger partial charge in [-0.1, -0.05) is 29.8 Å². The van der Waals surface area contributed by atoms with Crippen LogP contribution in [0.3, 0.4) is 0 Å². The minimum atomic E-state index is -0.391. The van der Waals surface area contributed by atoms with Crippen LogP contribution in [0.4, 0.5) is 14.9 Å². The van der Waals surface area contributed by atoms with E-state index in [4.69, 9.17) is 9.15 Å². The Balaban J connectivity index is 1.77. The van der Waals surface area contributed by atoms with Gasteiger partial charge in [-0.3, -0.25) is 4.79 Å². The lowest BCUT2D eigenvalue weighted by Gasteiger charge is -2.27. The van der Waals surface area contributed by atoms with Crippen molar-refractivity contribution in [3.05, 3.63) is 88.6 Å². The summed E-state index contributed by atoms with van der Waals surface area (Å²) in [5.41, 5.74) is 3.48. The Morgan fingerprint density at radius 3 is 2.34 bits per heavy atom. The second-order valence-electron chi connectivity index (χ2n) is 8.55. The van der Waals surface area contributed by atoms with Crippen LogP contribution in [-0.2, 0) is 22.6 Å². The minimum absolute atomic E-state index is 0.152. The van der Waals surface area contributed by atoms with Gasteiger partial charge in [0.05, 0.1) is 13.2 Å². The van der Waals surface area contributed by atoms with Crippen molar-refractivity contribution in [2.24, 2.45) is 0 Å². The molecule has 7 nitrogen and oxygen atoms in total. The van der Waals surface area contributed by atoms with Gasteiger partial charge in [-0.15, -0.1) is 0 Å². The molecule has 3 rings (SSSR count). The molecular weight excluding hydrogens is 449 g/mol. The highest BCUT2D eigenvalue weighted by atomic mass is 19.1. The fourth-order valence-electron chi connectivity index (χ4n) is 3.67. The quantitative estimate of drug-likeness (QED) is 0.440. The van der Waals surface area contributed by atoms with E-state index in [1.54, 1.807) is 24.1 Å². The van der Waals surface area contributed by atoms with E-state index in [0.717, 1.165) is 22.5 Å². The van der Waals surface area contributed by atoms with Crippen molar-refractivity contribution in [1.29, 1.82) is 0 Å². The van der Waals surface area contributed by atoms with Crippen LogP contribution in [0.5, 0.6) is 0 Å². The molecule has 2 aromatic carbocycles. The summed E-state index contributed by atoms with van der Waals surface area (Å²) >= 11 is 0. The van der Waals surface area contributed by atoms with Crippen LogP contribution < -0.4 is 5.32 Å². The predicted molar refractivity (Wildman–Crippen MR) is 132 cm³/mol. The summed E-state index contributed by atoms with van der Waals surface area (Å²) in [6.07, 6.45) is 0. The van der Waals surface area contributed by atoms with Crippen LogP contribution >= 0.6 is 0 Å². The van der Waals surface area contributed by atoms with Gasteiger partial charge in [-0.25, -0.2) is 9.18 Å². The molecule has 0 aliphatic rings. The third kappa shape index (κ3) is 7.68. The Hall–Kier alpha value is -3.65. The first-order valence-electron chi connectivity index (χ1n) is 11.4. The van der Waals surface area contributed by atoms with Crippen LogP contribution in [0.25, 0.3) is 0 Å². The number of nitrogens with one attached hydrogen (secondary N) is 1. The van der Waals surface area contributed by atoms with Crippen molar-refractivity contribution >= 4 is 17.6 Å². The maximum absolute atomic E-state index is 13.4. The number of ether oxygens (including phenoxy) is 1. The first-order valence-corrected chi connectivity index (χ1v) is 11.4. The maximum Gasteiger partial charge on any atom is 0.322 e. The smallest absolute Gasteiger partial charge is 0.322 e. The third-order valence-electron chi connectivity index (χ3n) is 5.58. The number of furan rings is 1. The Kier molecular flexibility index (Phi) is 9.03. The van der Waals surface area contributed by atoms with E-state index in [1.807, 2.05) is 51.1 Å². The molecule has 0 atom stereocenters. The lowest BCUT2D eigenvalue weighted by molar-refractivity contribution is -0.133. The molecule has 0 fully saturated rings. The summed E-state index contributed by atoms with van der Waals surface area (Å²) in [6, 6.07) is 15.0. The van der Waals surface area contributed by atoms with Gasteiger partial charge in [0.1, 0.15) is 23.9 Å². The second-order valence-corrected chi connectivity index (χ2v) is 8.55. The molecule has 1 aromatic heterocycles. The number of amides is 3. The minimum Gasteiger partial charge on any atom is -0.464 e. The standard InChI is InChI=1S/C27H32FN3O4/c1-19-5-12-25(20(2)15-19)29-27(33)30(13-14-34-4)18-26(32)31(17-24-11-6-21(3)35-24)16-22-7-9-23(28)10-8-22/h5-12,15H,13-14,16-18H2,1-4H3,(H,29,33). The molecule has 186 valence electrons. The number of benzene rings is 2. The van der Waals surface area contributed by atoms with Gasteiger partial charge >= 0.3 is 6.03 Å². The Bertz CT molecular complexity index is 1140. The van der Waals surface area contributed by atoms with Crippen molar-refractivity contribution in [2.75, 3.05) is 32.1 Å². The van der Waals surface area contributed by atoms with E-state index in [-0.39, 0.29) is 44.5 Å². The molecule has 3 amide bonds. The zero-order valence-corrected chi connectivity index (χ0v) is 20.6. The number of hydrogen-bond donors (Lipinski definition) is 1. The highest BCUT2D eigenvalue weighted by Gasteiger charge is 2.23. The molecule has 0 spiro atoms. The first-order chi connectivity index (χ1) is 16.7. The van der Waals surface area contributed by atoms with Gasteiger partial charge < -0.3 is 24.3 Å². The van der Waals surface area contributed by atoms with Gasteiger partial charge in [0.15, 0.2) is 0 Å². The van der Waals surface area contributed by atoms with E-state index in [1.165, 1.54) is 17.0 Å². The predicted octanol–water partition coefficient (Wildman–Crippen LogP) is 5.05. The largest absolute Gasteiger partial charge is 0.464 e. The topological polar surface area (TPSA) is 75.0 Å². The molecule has 1 heterocycles. The zero-order chi connectivity index (χ0) is 25.4. The van der Waals surface area contributed by atoms with Gasteiger partial charge in [-0.05, 0) is 62.2 Å². The van der Waals surface area contributed by atoms with Crippen molar-refractivity contribution in [3.8, 4) is 0 Å². The molecule has 0 radical (unpaired) electrons. The van der Waals surface area contributed by atoms with Crippen LogP contribution in [0.2, 0.25) is 0 Å². The molecule has 0 bridgehead atoms. The van der Waals surface area contributed by atoms with E-state index >= 15 is 0 Å². The van der Waals surface area contributed by atoms with Crippen LogP contribution in [0.15, 0.2) is 59.0 Å². The molecular formula is C27H32FN3O4. The number of carbonyl (C=O) groups excluding carboxylic acids is 2. The molecule has 3 aromatic rings. The molecule has 1 N–H and O–H groups in total. The number of aryl methyl sites for hydroxylation is 3. The number of anilines is 1. The number of methoxy groups -OCH3 is 1. The molecule has 0 aliphatic heterocycles. The molecule has 8 heteroatoms. The SMILES string of the molecule is COCCN(CC(=O)N(Cc1ccc(F)cc1)Cc1ccc(C)o1)C(=O)Nc1ccc(C)cc1C. The normalized spacial score (nSPS) is 10.8. The molecule has 0 unspecified atom stereocenters. The summed E-state index contributed by atoms with van der Waals surface area (Å²) in [5, 5.41) is 2.90. The summed E-state index contributed by atoms with van der Waals surface area (Å²) in [4.78, 5) is 29.5. The molecule has 35 heavy (non-hydrogen) atoms. The lowest BCUT2D eigenvalue weighted by Crippen LogP contribution is -2.45. The zero-order valence-electron chi connectivity index (χ0n) is 20.6. The molecule has 0 saturated carbocycles. The highest BCUT2D eigenvalue weighted by molar-refractivity contribution is 5.93. The number of rotatable bonds is 10. The monoisotopic (exact) mass is 481 g/mol. The van der Waals surface area contributed by atoms with Crippen molar-refractivity contribution in [3.63, 3.8) is 0 Å².